The number of hydrogen-bond acceptors (Lipinski definition) is 15. The summed E-state index contributed by atoms with van der Waals surface area (Å²) in [6.45, 7) is 7.92. The third-order valence-corrected chi connectivity index (χ3v) is 13.9. The van der Waals surface area contributed by atoms with Gasteiger partial charge in [0.25, 0.3) is 0 Å². The number of unbranched alkanes of at least 4 members (excludes halogenated alkanes) is 21. The van der Waals surface area contributed by atoms with E-state index < -0.39 is 17.3 Å². The lowest BCUT2D eigenvalue weighted by Crippen LogP contribution is -2.19. The van der Waals surface area contributed by atoms with Crippen molar-refractivity contribution in [2.75, 3.05) is 54.3 Å². The summed E-state index contributed by atoms with van der Waals surface area (Å²) in [7, 11) is 0. The van der Waals surface area contributed by atoms with Crippen LogP contribution in [0.1, 0.15) is 245 Å². The minimum Gasteiger partial charge on any atom is -0.466 e. The Morgan fingerprint density at radius 3 is 0.773 bits per heavy atom. The number of aromatic nitrogens is 3. The largest absolute Gasteiger partial charge is 0.466 e. The van der Waals surface area contributed by atoms with Crippen molar-refractivity contribution >= 4 is 70.5 Å². The topological polar surface area (TPSA) is 169 Å². The van der Waals surface area contributed by atoms with Crippen molar-refractivity contribution in [2.45, 2.75) is 213 Å². The molecule has 0 aliphatic carbocycles. The molecule has 0 radical (unpaired) electrons. The summed E-state index contributed by atoms with van der Waals surface area (Å²) < 4.78 is 16.1. The second-order valence-electron chi connectivity index (χ2n) is 17.0. The van der Waals surface area contributed by atoms with Gasteiger partial charge in [-0.2, -0.15) is 35.3 Å². The van der Waals surface area contributed by atoms with Gasteiger partial charge in [0.05, 0.1) is 39.1 Å². The number of thioether (sulfide) groups is 3. The van der Waals surface area contributed by atoms with Crippen molar-refractivity contribution in [1.82, 2.24) is 15.0 Å². The van der Waals surface area contributed by atoms with Crippen LogP contribution in [0.15, 0.2) is 0 Å². The third-order valence-electron chi connectivity index (χ3n) is 10.9. The van der Waals surface area contributed by atoms with Crippen LogP contribution in [0, 0.1) is 0 Å². The molecule has 0 amide bonds. The fourth-order valence-electron chi connectivity index (χ4n) is 6.84. The van der Waals surface area contributed by atoms with E-state index in [-0.39, 0.29) is 73.9 Å². The first-order valence-electron chi connectivity index (χ1n) is 25.8. The quantitative estimate of drug-likeness (QED) is 0.0261. The first kappa shape index (κ1) is 61.5. The van der Waals surface area contributed by atoms with Crippen LogP contribution in [-0.4, -0.2) is 105 Å². The Balaban J connectivity index is 2.59. The molecule has 378 valence electrons. The maximum Gasteiger partial charge on any atom is 0.306 e. The van der Waals surface area contributed by atoms with Gasteiger partial charge in [-0.3, -0.25) is 28.8 Å². The third kappa shape index (κ3) is 36.5. The van der Waals surface area contributed by atoms with Gasteiger partial charge in [-0.25, -0.2) is 15.0 Å². The van der Waals surface area contributed by atoms with E-state index in [0.29, 0.717) is 54.3 Å². The van der Waals surface area contributed by atoms with E-state index >= 15 is 0 Å². The molecule has 0 N–H and O–H groups in total. The average molecular weight is 982 g/mol. The van der Waals surface area contributed by atoms with Gasteiger partial charge in [0.1, 0.15) is 0 Å². The van der Waals surface area contributed by atoms with Crippen LogP contribution < -0.4 is 0 Å². The highest BCUT2D eigenvalue weighted by molar-refractivity contribution is 7.99. The summed E-state index contributed by atoms with van der Waals surface area (Å²) in [4.78, 5) is 89.1. The zero-order valence-corrected chi connectivity index (χ0v) is 43.8. The van der Waals surface area contributed by atoms with Crippen LogP contribution >= 0.6 is 35.3 Å². The Morgan fingerprint density at radius 1 is 0.318 bits per heavy atom. The molecule has 0 bridgehead atoms. The van der Waals surface area contributed by atoms with Gasteiger partial charge in [0.2, 0.25) is 17.3 Å². The Kier molecular flexibility index (Phi) is 41.9. The van der Waals surface area contributed by atoms with Gasteiger partial charge in [0, 0.05) is 53.8 Å². The average Bonchev–Trinajstić information content (AvgIpc) is 3.31. The summed E-state index contributed by atoms with van der Waals surface area (Å²) in [6.07, 6.45) is 29.1. The second kappa shape index (κ2) is 45.0. The van der Waals surface area contributed by atoms with Crippen LogP contribution in [0.3, 0.4) is 0 Å². The number of carbonyl (C=O) groups is 6. The van der Waals surface area contributed by atoms with E-state index in [1.54, 1.807) is 0 Å². The fraction of sp³-hybridized carbons (Fsp3) is 0.824. The van der Waals surface area contributed by atoms with Gasteiger partial charge in [-0.05, 0) is 19.3 Å². The number of Topliss-reactive ketones (excluding diaryl/α,β-unsaturated/α-hetero) is 3. The lowest BCUT2D eigenvalue weighted by molar-refractivity contribution is -0.144. The number of ketones is 3. The predicted octanol–water partition coefficient (Wildman–Crippen LogP) is 13.0. The fourth-order valence-corrected chi connectivity index (χ4v) is 9.37. The van der Waals surface area contributed by atoms with E-state index in [2.05, 4.69) is 35.7 Å². The molecular formula is C51H87N3O9S3. The molecule has 1 heterocycles. The molecule has 66 heavy (non-hydrogen) atoms. The maximum atomic E-state index is 13.3. The molecule has 0 fully saturated rings. The Bertz CT molecular complexity index is 1270. The van der Waals surface area contributed by atoms with Gasteiger partial charge in [-0.15, -0.1) is 0 Å². The molecular weight excluding hydrogens is 895 g/mol. The highest BCUT2D eigenvalue weighted by Gasteiger charge is 2.21. The number of nitrogens with zero attached hydrogens (tertiary/aromatic N) is 3. The predicted molar refractivity (Wildman–Crippen MR) is 273 cm³/mol. The second-order valence-corrected chi connectivity index (χ2v) is 20.7. The standard InChI is InChI=1S/C51H87N3O9S3/c1-4-7-10-13-16-19-22-25-34-61-46(58)31-40-64-37-28-43(55)49-52-50(44(56)29-38-65-41-32-47(59)62-35-26-23-20-17-14-11-8-5-2)54-51(53-49)45(57)30-39-66-42-33-48(60)63-36-27-24-21-18-15-12-9-6-3/h4-42H2,1-3H3. The molecule has 0 spiro atoms. The van der Waals surface area contributed by atoms with Gasteiger partial charge in [0.15, 0.2) is 17.5 Å². The SMILES string of the molecule is CCCCCCCCCCOC(=O)CCSCCC(=O)c1nc(C(=O)CCSCCC(=O)OCCCCCCCCCC)nc(C(=O)CCSCCC(=O)OCCCCCCCCCC)n1. The molecule has 1 aromatic heterocycles. The van der Waals surface area contributed by atoms with Crippen molar-refractivity contribution in [1.29, 1.82) is 0 Å². The van der Waals surface area contributed by atoms with Crippen molar-refractivity contribution in [3.05, 3.63) is 17.5 Å². The molecule has 0 aromatic carbocycles. The van der Waals surface area contributed by atoms with Gasteiger partial charge >= 0.3 is 17.9 Å². The number of rotatable bonds is 48. The molecule has 15 heteroatoms. The minimum absolute atomic E-state index is 0.0548. The van der Waals surface area contributed by atoms with E-state index in [1.807, 2.05) is 0 Å². The molecule has 0 aliphatic heterocycles. The molecule has 0 unspecified atom stereocenters. The van der Waals surface area contributed by atoms with Crippen molar-refractivity contribution in [3.8, 4) is 0 Å². The summed E-state index contributed by atoms with van der Waals surface area (Å²) in [6, 6.07) is 0. The summed E-state index contributed by atoms with van der Waals surface area (Å²) in [5.41, 5.74) is 0. The van der Waals surface area contributed by atoms with Crippen LogP contribution in [0.25, 0.3) is 0 Å². The molecule has 0 atom stereocenters. The lowest BCUT2D eigenvalue weighted by Gasteiger charge is -2.07. The molecule has 12 nitrogen and oxygen atoms in total. The smallest absolute Gasteiger partial charge is 0.306 e. The van der Waals surface area contributed by atoms with E-state index in [0.717, 1.165) is 57.8 Å². The van der Waals surface area contributed by atoms with Crippen LogP contribution in [0.5, 0.6) is 0 Å². The summed E-state index contributed by atoms with van der Waals surface area (Å²) in [5, 5.41) is 0. The maximum absolute atomic E-state index is 13.3. The first-order chi connectivity index (χ1) is 32.2. The normalized spacial score (nSPS) is 11.1. The Labute approximate surface area is 411 Å². The molecule has 0 saturated heterocycles. The zero-order chi connectivity index (χ0) is 48.1. The van der Waals surface area contributed by atoms with Crippen molar-refractivity contribution < 1.29 is 43.0 Å². The minimum atomic E-state index is -0.426. The van der Waals surface area contributed by atoms with Crippen LogP contribution in [0.4, 0.5) is 0 Å². The molecule has 0 saturated carbocycles. The van der Waals surface area contributed by atoms with E-state index in [9.17, 15) is 28.8 Å². The highest BCUT2D eigenvalue weighted by atomic mass is 32.2. The van der Waals surface area contributed by atoms with E-state index in [1.165, 1.54) is 132 Å². The lowest BCUT2D eigenvalue weighted by atomic mass is 10.1. The van der Waals surface area contributed by atoms with Crippen LogP contribution in [0.2, 0.25) is 0 Å². The van der Waals surface area contributed by atoms with Crippen molar-refractivity contribution in [3.63, 3.8) is 0 Å². The Morgan fingerprint density at radius 2 is 0.530 bits per heavy atom. The van der Waals surface area contributed by atoms with E-state index in [4.69, 9.17) is 14.2 Å². The first-order valence-corrected chi connectivity index (χ1v) is 29.2. The number of esters is 3. The number of ether oxygens (including phenoxy) is 3. The summed E-state index contributed by atoms with van der Waals surface area (Å²) in [5.74, 6) is -0.0367. The van der Waals surface area contributed by atoms with Crippen molar-refractivity contribution in [2.24, 2.45) is 0 Å². The molecule has 1 aromatic rings. The molecule has 1 rings (SSSR count). The number of hydrogen-bond donors (Lipinski definition) is 0. The Hall–Kier alpha value is -2.52. The van der Waals surface area contributed by atoms with Crippen LogP contribution in [-0.2, 0) is 28.6 Å². The van der Waals surface area contributed by atoms with Gasteiger partial charge < -0.3 is 14.2 Å². The highest BCUT2D eigenvalue weighted by Crippen LogP contribution is 2.15. The number of carbonyl (C=O) groups excluding carboxylic acids is 6. The molecule has 0 aliphatic rings. The van der Waals surface area contributed by atoms with Gasteiger partial charge in [-0.1, -0.05) is 156 Å². The summed E-state index contributed by atoms with van der Waals surface area (Å²) >= 11 is 4.32. The monoisotopic (exact) mass is 982 g/mol. The zero-order valence-electron chi connectivity index (χ0n) is 41.3.